The van der Waals surface area contributed by atoms with Crippen molar-refractivity contribution >= 4 is 22.4 Å². The molecular formula is C27H22ClF3. The second kappa shape index (κ2) is 9.15. The highest BCUT2D eigenvalue weighted by atomic mass is 35.5. The maximum atomic E-state index is 15.3. The van der Waals surface area contributed by atoms with Crippen LogP contribution in [0, 0.1) is 17.5 Å². The van der Waals surface area contributed by atoms with Gasteiger partial charge < -0.3 is 0 Å². The van der Waals surface area contributed by atoms with Crippen molar-refractivity contribution in [1.29, 1.82) is 0 Å². The molecule has 158 valence electrons. The first-order valence-corrected chi connectivity index (χ1v) is 10.8. The van der Waals surface area contributed by atoms with Crippen LogP contribution in [0.25, 0.3) is 33.0 Å². The van der Waals surface area contributed by atoms with Crippen LogP contribution in [0.15, 0.2) is 66.7 Å². The largest absolute Gasteiger partial charge is 0.206 e. The number of hydrogen-bond acceptors (Lipinski definition) is 0. The van der Waals surface area contributed by atoms with Crippen LogP contribution >= 0.6 is 11.6 Å². The highest BCUT2D eigenvalue weighted by molar-refractivity contribution is 6.31. The summed E-state index contributed by atoms with van der Waals surface area (Å²) in [6, 6.07) is 19.0. The number of fused-ring (bicyclic) bond motifs is 1. The van der Waals surface area contributed by atoms with Gasteiger partial charge in [0.15, 0.2) is 0 Å². The molecule has 4 rings (SSSR count). The molecule has 0 aliphatic carbocycles. The van der Waals surface area contributed by atoms with Crippen LogP contribution in [-0.2, 0) is 6.42 Å². The van der Waals surface area contributed by atoms with E-state index >= 15 is 4.39 Å². The zero-order valence-electron chi connectivity index (χ0n) is 17.2. The number of hydrogen-bond donors (Lipinski definition) is 0. The van der Waals surface area contributed by atoms with E-state index in [4.69, 9.17) is 11.6 Å². The molecule has 0 amide bonds. The third-order valence-corrected chi connectivity index (χ3v) is 5.96. The Kier molecular flexibility index (Phi) is 6.33. The molecule has 0 aromatic heterocycles. The van der Waals surface area contributed by atoms with Crippen molar-refractivity contribution in [3.63, 3.8) is 0 Å². The summed E-state index contributed by atoms with van der Waals surface area (Å²) < 4.78 is 42.8. The Morgan fingerprint density at radius 3 is 2.06 bits per heavy atom. The third-order valence-electron chi connectivity index (χ3n) is 5.60. The first-order chi connectivity index (χ1) is 15.0. The molecule has 4 aromatic carbocycles. The monoisotopic (exact) mass is 438 g/mol. The molecule has 0 atom stereocenters. The molecule has 0 saturated heterocycles. The van der Waals surface area contributed by atoms with E-state index in [-0.39, 0.29) is 5.82 Å². The zero-order valence-corrected chi connectivity index (χ0v) is 17.9. The molecule has 0 nitrogen and oxygen atoms in total. The van der Waals surface area contributed by atoms with Gasteiger partial charge in [-0.05, 0) is 52.6 Å². The molecule has 4 aromatic rings. The van der Waals surface area contributed by atoms with Crippen LogP contribution in [0.2, 0.25) is 5.02 Å². The smallest absolute Gasteiger partial charge is 0.145 e. The van der Waals surface area contributed by atoms with Crippen LogP contribution < -0.4 is 0 Å². The Morgan fingerprint density at radius 1 is 0.710 bits per heavy atom. The second-order valence-electron chi connectivity index (χ2n) is 7.77. The van der Waals surface area contributed by atoms with E-state index in [1.165, 1.54) is 30.5 Å². The minimum absolute atomic E-state index is 0.269. The quantitative estimate of drug-likeness (QED) is 0.208. The van der Waals surface area contributed by atoms with Gasteiger partial charge >= 0.3 is 0 Å². The summed E-state index contributed by atoms with van der Waals surface area (Å²) in [4.78, 5) is 0. The van der Waals surface area contributed by atoms with Crippen molar-refractivity contribution in [2.24, 2.45) is 0 Å². The predicted octanol–water partition coefficient (Wildman–Crippen LogP) is 8.98. The first kappa shape index (κ1) is 21.5. The van der Waals surface area contributed by atoms with Crippen molar-refractivity contribution in [2.75, 3.05) is 0 Å². The lowest BCUT2D eigenvalue weighted by molar-refractivity contribution is 0.585. The highest BCUT2D eigenvalue weighted by Gasteiger charge is 2.12. The summed E-state index contributed by atoms with van der Waals surface area (Å²) in [7, 11) is 0. The molecule has 0 spiro atoms. The minimum atomic E-state index is -0.810. The fourth-order valence-electron chi connectivity index (χ4n) is 3.86. The average Bonchev–Trinajstić information content (AvgIpc) is 2.78. The van der Waals surface area contributed by atoms with Crippen LogP contribution in [0.5, 0.6) is 0 Å². The van der Waals surface area contributed by atoms with Crippen molar-refractivity contribution in [3.8, 4) is 22.3 Å². The SMILES string of the molecule is CCCCCc1ccc2c(F)c(-c3ccc(-c4cc(F)c(Cl)c(F)c4)cc3)ccc2c1. The molecule has 0 N–H and O–H groups in total. The topological polar surface area (TPSA) is 0 Å². The van der Waals surface area contributed by atoms with Gasteiger partial charge in [-0.2, -0.15) is 0 Å². The third kappa shape index (κ3) is 4.47. The fraction of sp³-hybridized carbons (Fsp3) is 0.185. The molecule has 0 saturated carbocycles. The first-order valence-electron chi connectivity index (χ1n) is 10.4. The molecule has 0 aliphatic rings. The number of unbranched alkanes of at least 4 members (excludes halogenated alkanes) is 2. The normalized spacial score (nSPS) is 11.3. The lowest BCUT2D eigenvalue weighted by atomic mass is 9.96. The number of halogens is 4. The van der Waals surface area contributed by atoms with Gasteiger partial charge in [-0.15, -0.1) is 0 Å². The van der Waals surface area contributed by atoms with Gasteiger partial charge in [0.2, 0.25) is 0 Å². The molecule has 0 radical (unpaired) electrons. The van der Waals surface area contributed by atoms with Crippen molar-refractivity contribution < 1.29 is 13.2 Å². The van der Waals surface area contributed by atoms with Crippen LogP contribution in [0.3, 0.4) is 0 Å². The van der Waals surface area contributed by atoms with E-state index in [1.807, 2.05) is 18.2 Å². The maximum absolute atomic E-state index is 15.3. The van der Waals surface area contributed by atoms with Crippen LogP contribution in [0.1, 0.15) is 31.7 Å². The summed E-state index contributed by atoms with van der Waals surface area (Å²) in [5, 5.41) is 0.953. The standard InChI is InChI=1S/C27H22ClF3/c1-2-3-4-5-17-6-12-23-20(14-17)11-13-22(27(23)31)19-9-7-18(8-10-19)21-15-24(29)26(28)25(30)16-21/h6-16H,2-5H2,1H3. The molecular weight excluding hydrogens is 417 g/mol. The van der Waals surface area contributed by atoms with E-state index in [0.29, 0.717) is 27.6 Å². The van der Waals surface area contributed by atoms with Gasteiger partial charge in [0.05, 0.1) is 0 Å². The maximum Gasteiger partial charge on any atom is 0.145 e. The van der Waals surface area contributed by atoms with Gasteiger partial charge in [0, 0.05) is 10.9 Å². The molecule has 4 heteroatoms. The molecule has 0 heterocycles. The predicted molar refractivity (Wildman–Crippen MR) is 123 cm³/mol. The second-order valence-corrected chi connectivity index (χ2v) is 8.15. The Morgan fingerprint density at radius 2 is 1.39 bits per heavy atom. The molecule has 0 aliphatic heterocycles. The Labute approximate surface area is 185 Å². The summed E-state index contributed by atoms with van der Waals surface area (Å²) in [6.45, 7) is 2.18. The van der Waals surface area contributed by atoms with E-state index in [9.17, 15) is 8.78 Å². The summed E-state index contributed by atoms with van der Waals surface area (Å²) >= 11 is 5.56. The molecule has 31 heavy (non-hydrogen) atoms. The van der Waals surface area contributed by atoms with Crippen molar-refractivity contribution in [1.82, 2.24) is 0 Å². The number of rotatable bonds is 6. The van der Waals surface area contributed by atoms with E-state index in [2.05, 4.69) is 13.0 Å². The molecule has 0 bridgehead atoms. The van der Waals surface area contributed by atoms with Gasteiger partial charge in [-0.25, -0.2) is 13.2 Å². The van der Waals surface area contributed by atoms with E-state index in [1.54, 1.807) is 30.3 Å². The fourth-order valence-corrected chi connectivity index (χ4v) is 3.97. The minimum Gasteiger partial charge on any atom is -0.206 e. The van der Waals surface area contributed by atoms with Crippen LogP contribution in [-0.4, -0.2) is 0 Å². The summed E-state index contributed by atoms with van der Waals surface area (Å²) in [5.74, 6) is -1.89. The average molecular weight is 439 g/mol. The zero-order chi connectivity index (χ0) is 22.0. The number of aryl methyl sites for hydroxylation is 1. The Hall–Kier alpha value is -2.78. The summed E-state index contributed by atoms with van der Waals surface area (Å²) in [5.41, 5.74) is 3.41. The van der Waals surface area contributed by atoms with Crippen molar-refractivity contribution in [2.45, 2.75) is 32.6 Å². The van der Waals surface area contributed by atoms with E-state index in [0.717, 1.165) is 18.2 Å². The number of benzene rings is 4. The Bertz CT molecular complexity index is 1210. The van der Waals surface area contributed by atoms with Gasteiger partial charge in [0.25, 0.3) is 0 Å². The van der Waals surface area contributed by atoms with Crippen LogP contribution in [0.4, 0.5) is 13.2 Å². The summed E-state index contributed by atoms with van der Waals surface area (Å²) in [6.07, 6.45) is 4.50. The Balaban J connectivity index is 1.64. The molecule has 0 unspecified atom stereocenters. The van der Waals surface area contributed by atoms with Crippen molar-refractivity contribution in [3.05, 3.63) is 94.8 Å². The van der Waals surface area contributed by atoms with Gasteiger partial charge in [-0.1, -0.05) is 86.0 Å². The lowest BCUT2D eigenvalue weighted by Crippen LogP contribution is -1.91. The highest BCUT2D eigenvalue weighted by Crippen LogP contribution is 2.32. The van der Waals surface area contributed by atoms with E-state index < -0.39 is 16.7 Å². The molecule has 0 fully saturated rings. The van der Waals surface area contributed by atoms with Gasteiger partial charge in [-0.3, -0.25) is 0 Å². The lowest BCUT2D eigenvalue weighted by Gasteiger charge is -2.10. The van der Waals surface area contributed by atoms with Gasteiger partial charge in [0.1, 0.15) is 22.5 Å².